The number of benzene rings is 2. The number of hydrogen-bond acceptors (Lipinski definition) is 4. The third-order valence-electron chi connectivity index (χ3n) is 5.44. The molecule has 7 heteroatoms. The lowest BCUT2D eigenvalue weighted by atomic mass is 10.1. The summed E-state index contributed by atoms with van der Waals surface area (Å²) in [5, 5.41) is 1.11. The number of piperazine rings is 1. The van der Waals surface area contributed by atoms with Gasteiger partial charge in [0.1, 0.15) is 5.82 Å². The van der Waals surface area contributed by atoms with Gasteiger partial charge in [0.05, 0.1) is 10.0 Å². The zero-order valence-corrected chi connectivity index (χ0v) is 18.7. The summed E-state index contributed by atoms with van der Waals surface area (Å²) in [4.78, 5) is 8.02. The zero-order valence-electron chi connectivity index (χ0n) is 16.4. The molecule has 0 N–H and O–H groups in total. The van der Waals surface area contributed by atoms with Crippen LogP contribution in [0.25, 0.3) is 6.08 Å². The Morgan fingerprint density at radius 3 is 2.52 bits per heavy atom. The molecule has 2 aromatic carbocycles. The van der Waals surface area contributed by atoms with E-state index in [0.717, 1.165) is 61.3 Å². The van der Waals surface area contributed by atoms with Crippen molar-refractivity contribution >= 4 is 52.4 Å². The maximum absolute atomic E-state index is 14.8. The van der Waals surface area contributed by atoms with E-state index < -0.39 is 0 Å². The van der Waals surface area contributed by atoms with E-state index in [-0.39, 0.29) is 5.82 Å². The Kier molecular flexibility index (Phi) is 6.60. The number of likely N-dealkylation sites (N-methyl/N-ethyl adjacent to an activating group) is 1. The maximum Gasteiger partial charge on any atom is 0.132 e. The molecule has 154 valence electrons. The quantitative estimate of drug-likeness (QED) is 0.610. The smallest absolute Gasteiger partial charge is 0.132 e. The van der Waals surface area contributed by atoms with Crippen LogP contribution in [-0.4, -0.2) is 57.0 Å². The molecule has 0 spiro atoms. The highest BCUT2D eigenvalue weighted by Gasteiger charge is 2.21. The molecule has 29 heavy (non-hydrogen) atoms. The fourth-order valence-electron chi connectivity index (χ4n) is 3.74. The monoisotopic (exact) mass is 451 g/mol. The van der Waals surface area contributed by atoms with E-state index in [0.29, 0.717) is 15.6 Å². The number of halogens is 3. The van der Waals surface area contributed by atoms with Gasteiger partial charge in [0, 0.05) is 66.9 Å². The van der Waals surface area contributed by atoms with Gasteiger partial charge in [-0.1, -0.05) is 29.3 Å². The van der Waals surface area contributed by atoms with E-state index in [9.17, 15) is 4.39 Å². The van der Waals surface area contributed by atoms with Gasteiger partial charge < -0.3 is 14.7 Å². The molecule has 0 amide bonds. The first-order valence-corrected chi connectivity index (χ1v) is 11.5. The van der Waals surface area contributed by atoms with Crippen molar-refractivity contribution in [2.75, 3.05) is 61.9 Å². The average Bonchev–Trinajstić information content (AvgIpc) is 2.72. The van der Waals surface area contributed by atoms with Crippen molar-refractivity contribution in [1.29, 1.82) is 0 Å². The molecule has 2 saturated heterocycles. The summed E-state index contributed by atoms with van der Waals surface area (Å²) in [6, 6.07) is 11.1. The van der Waals surface area contributed by atoms with Crippen LogP contribution >= 0.6 is 35.0 Å². The lowest BCUT2D eigenvalue weighted by molar-refractivity contribution is 0.312. The highest BCUT2D eigenvalue weighted by Crippen LogP contribution is 2.34. The second kappa shape index (κ2) is 9.17. The molecule has 2 fully saturated rings. The summed E-state index contributed by atoms with van der Waals surface area (Å²) in [5.74, 6) is 0.783. The Bertz CT molecular complexity index is 913. The SMILES string of the molecule is CN1CCN(c2cccc(F)c2C=C2CN(c3ccc(Cl)c(Cl)c3)CCS2)CC1. The van der Waals surface area contributed by atoms with Crippen molar-refractivity contribution in [3.05, 3.63) is 62.7 Å². The van der Waals surface area contributed by atoms with Gasteiger partial charge in [-0.05, 0) is 43.5 Å². The molecule has 0 aliphatic carbocycles. The summed E-state index contributed by atoms with van der Waals surface area (Å²) in [5.41, 5.74) is 2.71. The van der Waals surface area contributed by atoms with E-state index in [1.165, 1.54) is 0 Å². The summed E-state index contributed by atoms with van der Waals surface area (Å²) < 4.78 is 14.8. The van der Waals surface area contributed by atoms with Gasteiger partial charge in [0.2, 0.25) is 0 Å². The van der Waals surface area contributed by atoms with Crippen molar-refractivity contribution in [3.63, 3.8) is 0 Å². The van der Waals surface area contributed by atoms with Gasteiger partial charge >= 0.3 is 0 Å². The minimum absolute atomic E-state index is 0.166. The Labute approximate surface area is 186 Å². The molecule has 0 aromatic heterocycles. The number of nitrogens with zero attached hydrogens (tertiary/aromatic N) is 3. The molecule has 0 bridgehead atoms. The van der Waals surface area contributed by atoms with E-state index in [1.807, 2.05) is 30.3 Å². The Hall–Kier alpha value is -1.40. The molecule has 2 aliphatic heterocycles. The molecule has 2 heterocycles. The van der Waals surface area contributed by atoms with Crippen LogP contribution in [0.3, 0.4) is 0 Å². The van der Waals surface area contributed by atoms with E-state index in [1.54, 1.807) is 23.9 Å². The summed E-state index contributed by atoms with van der Waals surface area (Å²) in [7, 11) is 2.13. The van der Waals surface area contributed by atoms with E-state index in [2.05, 4.69) is 21.7 Å². The topological polar surface area (TPSA) is 9.72 Å². The van der Waals surface area contributed by atoms with Crippen molar-refractivity contribution < 1.29 is 4.39 Å². The van der Waals surface area contributed by atoms with Gasteiger partial charge in [-0.3, -0.25) is 0 Å². The van der Waals surface area contributed by atoms with Crippen LogP contribution in [0.1, 0.15) is 5.56 Å². The van der Waals surface area contributed by atoms with Gasteiger partial charge in [-0.25, -0.2) is 4.39 Å². The first-order chi connectivity index (χ1) is 14.0. The summed E-state index contributed by atoms with van der Waals surface area (Å²) >= 11 is 14.1. The maximum atomic E-state index is 14.8. The minimum atomic E-state index is -0.166. The van der Waals surface area contributed by atoms with Gasteiger partial charge in [-0.15, -0.1) is 11.8 Å². The second-order valence-electron chi connectivity index (χ2n) is 7.44. The summed E-state index contributed by atoms with van der Waals surface area (Å²) in [6.07, 6.45) is 2.03. The van der Waals surface area contributed by atoms with Crippen molar-refractivity contribution in [3.8, 4) is 0 Å². The van der Waals surface area contributed by atoms with Crippen LogP contribution in [0.4, 0.5) is 15.8 Å². The highest BCUT2D eigenvalue weighted by atomic mass is 35.5. The Balaban J connectivity index is 1.59. The molecule has 4 rings (SSSR count). The van der Waals surface area contributed by atoms with Crippen LogP contribution in [0.2, 0.25) is 10.0 Å². The first kappa shape index (κ1) is 20.9. The zero-order chi connectivity index (χ0) is 20.4. The molecule has 0 radical (unpaired) electrons. The largest absolute Gasteiger partial charge is 0.368 e. The lowest BCUT2D eigenvalue weighted by Gasteiger charge is -2.35. The number of rotatable bonds is 3. The van der Waals surface area contributed by atoms with Crippen LogP contribution < -0.4 is 9.80 Å². The third kappa shape index (κ3) is 4.85. The van der Waals surface area contributed by atoms with Crippen LogP contribution in [0.15, 0.2) is 41.3 Å². The minimum Gasteiger partial charge on any atom is -0.368 e. The fourth-order valence-corrected chi connectivity index (χ4v) is 5.06. The molecular weight excluding hydrogens is 428 g/mol. The first-order valence-electron chi connectivity index (χ1n) is 9.76. The predicted molar refractivity (Wildman–Crippen MR) is 125 cm³/mol. The van der Waals surface area contributed by atoms with Crippen LogP contribution in [0.5, 0.6) is 0 Å². The Morgan fingerprint density at radius 2 is 1.76 bits per heavy atom. The third-order valence-corrected chi connectivity index (χ3v) is 7.19. The molecular formula is C22H24Cl2FN3S. The normalized spacial score (nSPS) is 19.8. The molecule has 2 aromatic rings. The van der Waals surface area contributed by atoms with Crippen molar-refractivity contribution in [2.45, 2.75) is 0 Å². The lowest BCUT2D eigenvalue weighted by Crippen LogP contribution is -2.44. The van der Waals surface area contributed by atoms with Crippen LogP contribution in [-0.2, 0) is 0 Å². The van der Waals surface area contributed by atoms with Crippen LogP contribution in [0, 0.1) is 5.82 Å². The highest BCUT2D eigenvalue weighted by molar-refractivity contribution is 8.03. The Morgan fingerprint density at radius 1 is 0.966 bits per heavy atom. The average molecular weight is 452 g/mol. The fraction of sp³-hybridized carbons (Fsp3) is 0.364. The predicted octanol–water partition coefficient (Wildman–Crippen LogP) is 5.48. The molecule has 3 nitrogen and oxygen atoms in total. The molecule has 2 aliphatic rings. The van der Waals surface area contributed by atoms with E-state index in [4.69, 9.17) is 23.2 Å². The standard InChI is InChI=1S/C22H24Cl2FN3S/c1-26-7-9-27(10-8-26)22-4-2-3-21(25)18(22)14-17-15-28(11-12-29-17)16-5-6-19(23)20(24)13-16/h2-6,13-14H,7-12,15H2,1H3. The molecule has 0 saturated carbocycles. The number of hydrogen-bond donors (Lipinski definition) is 0. The van der Waals surface area contributed by atoms with Crippen molar-refractivity contribution in [1.82, 2.24) is 4.90 Å². The van der Waals surface area contributed by atoms with Crippen molar-refractivity contribution in [2.24, 2.45) is 0 Å². The van der Waals surface area contributed by atoms with Gasteiger partial charge in [0.25, 0.3) is 0 Å². The van der Waals surface area contributed by atoms with Gasteiger partial charge in [0.15, 0.2) is 0 Å². The number of thioether (sulfide) groups is 1. The summed E-state index contributed by atoms with van der Waals surface area (Å²) in [6.45, 7) is 5.47. The molecule has 0 unspecified atom stereocenters. The number of anilines is 2. The van der Waals surface area contributed by atoms with E-state index >= 15 is 0 Å². The van der Waals surface area contributed by atoms with Gasteiger partial charge in [-0.2, -0.15) is 0 Å². The second-order valence-corrected chi connectivity index (χ2v) is 9.48. The molecule has 0 atom stereocenters.